The summed E-state index contributed by atoms with van der Waals surface area (Å²) in [4.78, 5) is 12.2. The molecule has 0 amide bonds. The van der Waals surface area contributed by atoms with E-state index in [9.17, 15) is 15.0 Å². The number of carbonyl (C=O) groups excluding carboxylic acids is 1. The Balaban J connectivity index is 2.34. The minimum Gasteiger partial charge on any atom is -0.394 e. The molecule has 1 aliphatic carbocycles. The predicted molar refractivity (Wildman–Crippen MR) is 110 cm³/mol. The molecule has 0 spiro atoms. The van der Waals surface area contributed by atoms with Gasteiger partial charge in [0.25, 0.3) is 0 Å². The molecule has 4 atom stereocenters. The summed E-state index contributed by atoms with van der Waals surface area (Å²) >= 11 is 0. The Morgan fingerprint density at radius 3 is 2.56 bits per heavy atom. The van der Waals surface area contributed by atoms with Crippen LogP contribution in [0.4, 0.5) is 0 Å². The molecule has 0 heterocycles. The molecule has 0 aromatic rings. The van der Waals surface area contributed by atoms with Crippen molar-refractivity contribution in [3.8, 4) is 0 Å². The molecule has 2 unspecified atom stereocenters. The van der Waals surface area contributed by atoms with E-state index in [1.165, 1.54) is 0 Å². The molecule has 0 radical (unpaired) electrons. The number of carbonyl (C=O) groups is 1. The van der Waals surface area contributed by atoms with E-state index in [2.05, 4.69) is 32.9 Å². The minimum absolute atomic E-state index is 0.0619. The van der Waals surface area contributed by atoms with E-state index in [4.69, 9.17) is 5.11 Å². The van der Waals surface area contributed by atoms with Gasteiger partial charge in [-0.1, -0.05) is 65.0 Å². The van der Waals surface area contributed by atoms with Crippen LogP contribution in [0.5, 0.6) is 0 Å². The summed E-state index contributed by atoms with van der Waals surface area (Å²) in [5.74, 6) is 0.868. The minimum atomic E-state index is -0.589. The zero-order valence-corrected chi connectivity index (χ0v) is 17.7. The molecule has 3 N–H and O–H groups in total. The van der Waals surface area contributed by atoms with Gasteiger partial charge in [0.15, 0.2) is 0 Å². The van der Waals surface area contributed by atoms with Crippen molar-refractivity contribution in [2.45, 2.75) is 104 Å². The van der Waals surface area contributed by atoms with Gasteiger partial charge in [-0.15, -0.1) is 0 Å². The van der Waals surface area contributed by atoms with Crippen LogP contribution in [0.2, 0.25) is 0 Å². The number of aliphatic hydroxyl groups excluding tert-OH is 3. The fourth-order valence-corrected chi connectivity index (χ4v) is 4.24. The molecule has 0 saturated heterocycles. The summed E-state index contributed by atoms with van der Waals surface area (Å²) < 4.78 is 0. The topological polar surface area (TPSA) is 77.8 Å². The van der Waals surface area contributed by atoms with Gasteiger partial charge in [-0.25, -0.2) is 0 Å². The monoisotopic (exact) mass is 382 g/mol. The lowest BCUT2D eigenvalue weighted by molar-refractivity contribution is -0.121. The Bertz CT molecular complexity index is 444. The molecule has 4 nitrogen and oxygen atoms in total. The Morgan fingerprint density at radius 2 is 1.89 bits per heavy atom. The molecular formula is C23H42O4. The largest absolute Gasteiger partial charge is 0.394 e. The summed E-state index contributed by atoms with van der Waals surface area (Å²) in [6, 6.07) is 0. The summed E-state index contributed by atoms with van der Waals surface area (Å²) in [5, 5.41) is 28.6. The molecule has 1 saturated carbocycles. The second-order valence-electron chi connectivity index (χ2n) is 9.02. The van der Waals surface area contributed by atoms with E-state index in [-0.39, 0.29) is 24.0 Å². The van der Waals surface area contributed by atoms with Gasteiger partial charge >= 0.3 is 0 Å². The van der Waals surface area contributed by atoms with Crippen molar-refractivity contribution in [1.29, 1.82) is 0 Å². The van der Waals surface area contributed by atoms with Crippen LogP contribution in [0.15, 0.2) is 12.2 Å². The first kappa shape index (κ1) is 24.3. The first-order valence-corrected chi connectivity index (χ1v) is 11.0. The lowest BCUT2D eigenvalue weighted by Crippen LogP contribution is -2.28. The number of allylic oxidation sites excluding steroid dienone is 1. The van der Waals surface area contributed by atoms with Crippen LogP contribution in [0.3, 0.4) is 0 Å². The van der Waals surface area contributed by atoms with E-state index in [1.54, 1.807) is 0 Å². The van der Waals surface area contributed by atoms with E-state index < -0.39 is 6.10 Å². The quantitative estimate of drug-likeness (QED) is 0.307. The third-order valence-corrected chi connectivity index (χ3v) is 6.21. The van der Waals surface area contributed by atoms with Crippen LogP contribution in [0, 0.1) is 17.3 Å². The van der Waals surface area contributed by atoms with Crippen molar-refractivity contribution in [2.24, 2.45) is 17.3 Å². The summed E-state index contributed by atoms with van der Waals surface area (Å²) in [5.41, 5.74) is -0.0619. The molecule has 1 fully saturated rings. The Morgan fingerprint density at radius 1 is 1.19 bits per heavy atom. The van der Waals surface area contributed by atoms with E-state index in [0.717, 1.165) is 51.4 Å². The second-order valence-corrected chi connectivity index (χ2v) is 9.02. The van der Waals surface area contributed by atoms with Crippen molar-refractivity contribution in [1.82, 2.24) is 0 Å². The third-order valence-electron chi connectivity index (χ3n) is 6.21. The highest BCUT2D eigenvalue weighted by Gasteiger charge is 2.32. The normalized spacial score (nSPS) is 23.3. The molecule has 4 heteroatoms. The third kappa shape index (κ3) is 8.89. The van der Waals surface area contributed by atoms with Gasteiger partial charge in [-0.2, -0.15) is 0 Å². The highest BCUT2D eigenvalue weighted by atomic mass is 16.3. The number of hydrogen-bond donors (Lipinski definition) is 3. The van der Waals surface area contributed by atoms with Gasteiger partial charge in [-0.05, 0) is 43.4 Å². The van der Waals surface area contributed by atoms with E-state index >= 15 is 0 Å². The van der Waals surface area contributed by atoms with Crippen LogP contribution >= 0.6 is 0 Å². The zero-order chi connectivity index (χ0) is 20.3. The Labute approximate surface area is 166 Å². The van der Waals surface area contributed by atoms with Crippen LogP contribution in [0.25, 0.3) is 0 Å². The van der Waals surface area contributed by atoms with Gasteiger partial charge in [-0.3, -0.25) is 4.79 Å². The van der Waals surface area contributed by atoms with Gasteiger partial charge < -0.3 is 15.3 Å². The first-order chi connectivity index (χ1) is 12.8. The number of ketones is 1. The average Bonchev–Trinajstić information content (AvgIpc) is 2.97. The Hall–Kier alpha value is -0.710. The van der Waals surface area contributed by atoms with Gasteiger partial charge in [0.2, 0.25) is 0 Å². The van der Waals surface area contributed by atoms with Crippen molar-refractivity contribution in [2.75, 3.05) is 6.61 Å². The van der Waals surface area contributed by atoms with Gasteiger partial charge in [0.1, 0.15) is 5.78 Å². The lowest BCUT2D eigenvalue weighted by atomic mass is 9.80. The summed E-state index contributed by atoms with van der Waals surface area (Å²) in [7, 11) is 0. The molecule has 1 aliphatic rings. The van der Waals surface area contributed by atoms with Crippen molar-refractivity contribution < 1.29 is 20.1 Å². The molecule has 27 heavy (non-hydrogen) atoms. The molecule has 1 rings (SSSR count). The average molecular weight is 383 g/mol. The fourth-order valence-electron chi connectivity index (χ4n) is 4.24. The number of Topliss-reactive ketones (excluding diaryl/α,β-unsaturated/α-hetero) is 1. The standard InChI is InChI=1S/C23H42O4/c1-4-16-23(2,3)22(27)13-9-10-18-14-15-21(26)20(18)12-8-6-5-7-11-19(25)17-24/h9-10,18-20,22,24-25,27H,4-8,11-17H2,1-3H3/t18-,19?,20+,22?/m0/s1. The van der Waals surface area contributed by atoms with Crippen LogP contribution in [-0.2, 0) is 4.79 Å². The SMILES string of the molecule is CCCC(C)(C)C(O)CC=C[C@H]1CCC(=O)[C@@H]1CCCCCCC(O)CO. The van der Waals surface area contributed by atoms with Crippen molar-refractivity contribution in [3.05, 3.63) is 12.2 Å². The zero-order valence-electron chi connectivity index (χ0n) is 17.7. The molecule has 0 aliphatic heterocycles. The highest BCUT2D eigenvalue weighted by molar-refractivity contribution is 5.83. The molecule has 0 aromatic heterocycles. The summed E-state index contributed by atoms with van der Waals surface area (Å²) in [6.07, 6.45) is 13.4. The number of aliphatic hydroxyl groups is 3. The van der Waals surface area contributed by atoms with Gasteiger partial charge in [0.05, 0.1) is 18.8 Å². The Kier molecular flexibility index (Phi) is 11.4. The van der Waals surface area contributed by atoms with Crippen molar-refractivity contribution >= 4 is 5.78 Å². The van der Waals surface area contributed by atoms with Gasteiger partial charge in [0, 0.05) is 12.3 Å². The molecule has 0 aromatic carbocycles. The smallest absolute Gasteiger partial charge is 0.136 e. The van der Waals surface area contributed by atoms with Crippen LogP contribution < -0.4 is 0 Å². The van der Waals surface area contributed by atoms with E-state index in [0.29, 0.717) is 31.0 Å². The number of hydrogen-bond acceptors (Lipinski definition) is 4. The first-order valence-electron chi connectivity index (χ1n) is 11.0. The predicted octanol–water partition coefficient (Wildman–Crippen LogP) is 4.41. The van der Waals surface area contributed by atoms with Crippen LogP contribution in [0.1, 0.15) is 91.4 Å². The second kappa shape index (κ2) is 12.7. The maximum absolute atomic E-state index is 12.2. The van der Waals surface area contributed by atoms with Crippen LogP contribution in [-0.4, -0.2) is 39.9 Å². The summed E-state index contributed by atoms with van der Waals surface area (Å²) in [6.45, 7) is 6.23. The number of unbranched alkanes of at least 4 members (excludes halogenated alkanes) is 3. The van der Waals surface area contributed by atoms with Crippen molar-refractivity contribution in [3.63, 3.8) is 0 Å². The maximum Gasteiger partial charge on any atom is 0.136 e. The molecule has 158 valence electrons. The number of rotatable bonds is 14. The van der Waals surface area contributed by atoms with E-state index in [1.807, 2.05) is 0 Å². The molecule has 0 bridgehead atoms. The molecular weight excluding hydrogens is 340 g/mol. The fraction of sp³-hybridized carbons (Fsp3) is 0.870. The lowest BCUT2D eigenvalue weighted by Gasteiger charge is -2.29. The maximum atomic E-state index is 12.2. The highest BCUT2D eigenvalue weighted by Crippen LogP contribution is 2.34.